The normalized spacial score (nSPS) is 10.3. The SMILES string of the molecule is CCNCc1cc(Oc2ccc(C)nc2)ccn1. The van der Waals surface area contributed by atoms with E-state index in [1.807, 2.05) is 31.2 Å². The molecule has 1 N–H and O–H groups in total. The van der Waals surface area contributed by atoms with E-state index >= 15 is 0 Å². The average Bonchev–Trinajstić information content (AvgIpc) is 2.40. The quantitative estimate of drug-likeness (QED) is 0.877. The molecule has 2 aromatic heterocycles. The summed E-state index contributed by atoms with van der Waals surface area (Å²) in [5.41, 5.74) is 1.94. The molecule has 0 fully saturated rings. The molecule has 0 amide bonds. The number of ether oxygens (including phenoxy) is 1. The Kier molecular flexibility index (Phi) is 4.25. The van der Waals surface area contributed by atoms with Crippen LogP contribution in [0.25, 0.3) is 0 Å². The zero-order chi connectivity index (χ0) is 12.8. The van der Waals surface area contributed by atoms with Crippen molar-refractivity contribution in [3.63, 3.8) is 0 Å². The monoisotopic (exact) mass is 243 g/mol. The summed E-state index contributed by atoms with van der Waals surface area (Å²) in [5, 5.41) is 3.23. The molecular weight excluding hydrogens is 226 g/mol. The highest BCUT2D eigenvalue weighted by Gasteiger charge is 2.00. The number of hydrogen-bond donors (Lipinski definition) is 1. The summed E-state index contributed by atoms with van der Waals surface area (Å²) in [5.74, 6) is 1.52. The molecule has 4 heteroatoms. The van der Waals surface area contributed by atoms with E-state index in [0.717, 1.165) is 36.0 Å². The van der Waals surface area contributed by atoms with E-state index < -0.39 is 0 Å². The standard InChI is InChI=1S/C14H17N3O/c1-3-15-9-12-8-13(6-7-16-12)18-14-5-4-11(2)17-10-14/h4-8,10,15H,3,9H2,1-2H3. The lowest BCUT2D eigenvalue weighted by Gasteiger charge is -2.07. The van der Waals surface area contributed by atoms with Crippen LogP contribution < -0.4 is 10.1 Å². The first-order valence-electron chi connectivity index (χ1n) is 6.04. The molecule has 18 heavy (non-hydrogen) atoms. The minimum absolute atomic E-state index is 0.737. The Hall–Kier alpha value is -1.94. The van der Waals surface area contributed by atoms with Gasteiger partial charge in [-0.15, -0.1) is 0 Å². The maximum absolute atomic E-state index is 5.72. The summed E-state index contributed by atoms with van der Waals surface area (Å²) in [6, 6.07) is 7.61. The number of nitrogens with zero attached hydrogens (tertiary/aromatic N) is 2. The van der Waals surface area contributed by atoms with Crippen molar-refractivity contribution in [2.24, 2.45) is 0 Å². The predicted octanol–water partition coefficient (Wildman–Crippen LogP) is 2.69. The molecule has 0 bridgehead atoms. The Morgan fingerprint density at radius 2 is 2.06 bits per heavy atom. The molecule has 0 unspecified atom stereocenters. The predicted molar refractivity (Wildman–Crippen MR) is 70.7 cm³/mol. The summed E-state index contributed by atoms with van der Waals surface area (Å²) < 4.78 is 5.72. The van der Waals surface area contributed by atoms with Gasteiger partial charge in [0.15, 0.2) is 0 Å². The molecule has 0 aliphatic heterocycles. The van der Waals surface area contributed by atoms with E-state index in [1.165, 1.54) is 0 Å². The van der Waals surface area contributed by atoms with Gasteiger partial charge in [-0.3, -0.25) is 9.97 Å². The highest BCUT2D eigenvalue weighted by molar-refractivity contribution is 5.30. The molecule has 0 saturated heterocycles. The Balaban J connectivity index is 2.06. The second-order valence-corrected chi connectivity index (χ2v) is 4.00. The molecule has 0 aromatic carbocycles. The molecule has 0 atom stereocenters. The molecule has 0 spiro atoms. The molecule has 0 aliphatic carbocycles. The number of aromatic nitrogens is 2. The lowest BCUT2D eigenvalue weighted by Crippen LogP contribution is -2.12. The fraction of sp³-hybridized carbons (Fsp3) is 0.286. The summed E-state index contributed by atoms with van der Waals surface area (Å²) in [6.07, 6.45) is 3.48. The maximum atomic E-state index is 5.72. The van der Waals surface area contributed by atoms with Crippen molar-refractivity contribution < 1.29 is 4.74 Å². The van der Waals surface area contributed by atoms with Gasteiger partial charge in [0.1, 0.15) is 11.5 Å². The van der Waals surface area contributed by atoms with Crippen LogP contribution >= 0.6 is 0 Å². The Morgan fingerprint density at radius 3 is 2.78 bits per heavy atom. The van der Waals surface area contributed by atoms with Crippen molar-refractivity contribution in [1.82, 2.24) is 15.3 Å². The molecule has 2 aromatic rings. The van der Waals surface area contributed by atoms with Crippen LogP contribution in [0.15, 0.2) is 36.7 Å². The van der Waals surface area contributed by atoms with E-state index in [4.69, 9.17) is 4.74 Å². The van der Waals surface area contributed by atoms with Gasteiger partial charge in [0.05, 0.1) is 11.9 Å². The minimum atomic E-state index is 0.737. The third-order valence-corrected chi connectivity index (χ3v) is 2.46. The smallest absolute Gasteiger partial charge is 0.145 e. The summed E-state index contributed by atoms with van der Waals surface area (Å²) in [4.78, 5) is 8.47. The van der Waals surface area contributed by atoms with Gasteiger partial charge in [-0.05, 0) is 31.7 Å². The lowest BCUT2D eigenvalue weighted by molar-refractivity contribution is 0.477. The number of rotatable bonds is 5. The van der Waals surface area contributed by atoms with Gasteiger partial charge in [-0.2, -0.15) is 0 Å². The van der Waals surface area contributed by atoms with E-state index in [1.54, 1.807) is 12.4 Å². The van der Waals surface area contributed by atoms with Crippen LogP contribution in [-0.4, -0.2) is 16.5 Å². The van der Waals surface area contributed by atoms with Gasteiger partial charge in [0.25, 0.3) is 0 Å². The zero-order valence-corrected chi connectivity index (χ0v) is 10.7. The molecule has 2 heterocycles. The van der Waals surface area contributed by atoms with E-state index in [2.05, 4.69) is 22.2 Å². The molecule has 94 valence electrons. The molecule has 4 nitrogen and oxygen atoms in total. The second-order valence-electron chi connectivity index (χ2n) is 4.00. The topological polar surface area (TPSA) is 47.0 Å². The lowest BCUT2D eigenvalue weighted by atomic mass is 10.3. The second kappa shape index (κ2) is 6.12. The number of nitrogens with one attached hydrogen (secondary N) is 1. The van der Waals surface area contributed by atoms with Gasteiger partial charge in [0.2, 0.25) is 0 Å². The zero-order valence-electron chi connectivity index (χ0n) is 10.7. The van der Waals surface area contributed by atoms with Crippen molar-refractivity contribution in [2.45, 2.75) is 20.4 Å². The molecular formula is C14H17N3O. The third-order valence-electron chi connectivity index (χ3n) is 2.46. The molecule has 2 rings (SSSR count). The van der Waals surface area contributed by atoms with Crippen LogP contribution in [0, 0.1) is 6.92 Å². The first-order chi connectivity index (χ1) is 8.78. The fourth-order valence-electron chi connectivity index (χ4n) is 1.52. The molecule has 0 aliphatic rings. The summed E-state index contributed by atoms with van der Waals surface area (Å²) in [6.45, 7) is 5.69. The van der Waals surface area contributed by atoms with Crippen LogP contribution in [0.2, 0.25) is 0 Å². The Labute approximate surface area is 107 Å². The molecule has 0 radical (unpaired) electrons. The van der Waals surface area contributed by atoms with Gasteiger partial charge < -0.3 is 10.1 Å². The highest BCUT2D eigenvalue weighted by atomic mass is 16.5. The summed E-state index contributed by atoms with van der Waals surface area (Å²) in [7, 11) is 0. The Morgan fingerprint density at radius 1 is 1.17 bits per heavy atom. The van der Waals surface area contributed by atoms with Gasteiger partial charge in [-0.1, -0.05) is 6.92 Å². The van der Waals surface area contributed by atoms with Crippen LogP contribution in [0.3, 0.4) is 0 Å². The van der Waals surface area contributed by atoms with Gasteiger partial charge >= 0.3 is 0 Å². The highest BCUT2D eigenvalue weighted by Crippen LogP contribution is 2.20. The number of hydrogen-bond acceptors (Lipinski definition) is 4. The average molecular weight is 243 g/mol. The van der Waals surface area contributed by atoms with Crippen molar-refractivity contribution in [3.05, 3.63) is 48.0 Å². The van der Waals surface area contributed by atoms with Gasteiger partial charge in [-0.25, -0.2) is 0 Å². The van der Waals surface area contributed by atoms with E-state index in [9.17, 15) is 0 Å². The number of aryl methyl sites for hydroxylation is 1. The van der Waals surface area contributed by atoms with Crippen molar-refractivity contribution in [1.29, 1.82) is 0 Å². The summed E-state index contributed by atoms with van der Waals surface area (Å²) >= 11 is 0. The Bertz CT molecular complexity index is 497. The van der Waals surface area contributed by atoms with Crippen molar-refractivity contribution in [2.75, 3.05) is 6.54 Å². The van der Waals surface area contributed by atoms with E-state index in [-0.39, 0.29) is 0 Å². The van der Waals surface area contributed by atoms with Crippen LogP contribution in [-0.2, 0) is 6.54 Å². The van der Waals surface area contributed by atoms with E-state index in [0.29, 0.717) is 0 Å². The maximum Gasteiger partial charge on any atom is 0.145 e. The van der Waals surface area contributed by atoms with Crippen LogP contribution in [0.5, 0.6) is 11.5 Å². The van der Waals surface area contributed by atoms with Crippen LogP contribution in [0.1, 0.15) is 18.3 Å². The van der Waals surface area contributed by atoms with Crippen LogP contribution in [0.4, 0.5) is 0 Å². The molecule has 0 saturated carbocycles. The minimum Gasteiger partial charge on any atom is -0.456 e. The number of pyridine rings is 2. The largest absolute Gasteiger partial charge is 0.456 e. The third kappa shape index (κ3) is 3.53. The van der Waals surface area contributed by atoms with Crippen molar-refractivity contribution >= 4 is 0 Å². The first kappa shape index (κ1) is 12.5. The fourth-order valence-corrected chi connectivity index (χ4v) is 1.52. The van der Waals surface area contributed by atoms with Crippen molar-refractivity contribution in [3.8, 4) is 11.5 Å². The first-order valence-corrected chi connectivity index (χ1v) is 6.04. The van der Waals surface area contributed by atoms with Gasteiger partial charge in [0, 0.05) is 24.5 Å².